The molecule has 0 bridgehead atoms. The third kappa shape index (κ3) is 4.29. The number of rotatable bonds is 4. The average molecular weight is 401 g/mol. The van der Waals surface area contributed by atoms with Gasteiger partial charge >= 0.3 is 0 Å². The number of hydrogen-bond acceptors (Lipinski definition) is 5. The van der Waals surface area contributed by atoms with E-state index in [0.717, 1.165) is 17.0 Å². The van der Waals surface area contributed by atoms with E-state index in [2.05, 4.69) is 4.98 Å². The number of hydrogen-bond donors (Lipinski definition) is 0. The Morgan fingerprint density at radius 3 is 3.07 bits per heavy atom. The Hall–Kier alpha value is -2.57. The molecular weight excluding hydrogens is 380 g/mol. The number of pyridine rings is 1. The zero-order valence-corrected chi connectivity index (χ0v) is 16.3. The van der Waals surface area contributed by atoms with Crippen molar-refractivity contribution < 1.29 is 19.0 Å². The molecule has 0 N–H and O–H groups in total. The molecule has 1 aromatic heterocycles. The fourth-order valence-electron chi connectivity index (χ4n) is 3.21. The Bertz CT molecular complexity index is 898. The molecule has 1 unspecified atom stereocenters. The lowest BCUT2D eigenvalue weighted by Gasteiger charge is -2.33. The van der Waals surface area contributed by atoms with Gasteiger partial charge in [-0.2, -0.15) is 0 Å². The molecule has 7 heteroatoms. The second-order valence-electron chi connectivity index (χ2n) is 6.83. The summed E-state index contributed by atoms with van der Waals surface area (Å²) in [6.45, 7) is 4.03. The van der Waals surface area contributed by atoms with Crippen LogP contribution in [0.5, 0.6) is 11.5 Å². The smallest absolute Gasteiger partial charge is 0.253 e. The van der Waals surface area contributed by atoms with Crippen molar-refractivity contribution in [1.82, 2.24) is 9.88 Å². The van der Waals surface area contributed by atoms with E-state index >= 15 is 0 Å². The molecule has 0 radical (unpaired) electrons. The number of halogens is 1. The molecule has 2 aliphatic heterocycles. The number of nitrogens with zero attached hydrogens (tertiary/aromatic N) is 2. The largest absolute Gasteiger partial charge is 0.489 e. The predicted molar refractivity (Wildman–Crippen MR) is 106 cm³/mol. The van der Waals surface area contributed by atoms with Crippen LogP contribution in [0.25, 0.3) is 6.08 Å². The first-order chi connectivity index (χ1) is 13.6. The number of carbonyl (C=O) groups is 1. The molecular formula is C21H21ClN2O4. The molecule has 0 saturated carbocycles. The maximum atomic E-state index is 12.9. The van der Waals surface area contributed by atoms with Gasteiger partial charge in [-0.3, -0.25) is 9.78 Å². The van der Waals surface area contributed by atoms with Crippen molar-refractivity contribution in [3.05, 3.63) is 58.4 Å². The van der Waals surface area contributed by atoms with Crippen molar-refractivity contribution in [2.24, 2.45) is 0 Å². The number of aromatic nitrogens is 1. The Balaban J connectivity index is 1.38. The highest BCUT2D eigenvalue weighted by Gasteiger charge is 2.28. The topological polar surface area (TPSA) is 60.9 Å². The average Bonchev–Trinajstić information content (AvgIpc) is 2.72. The maximum Gasteiger partial charge on any atom is 0.253 e. The summed E-state index contributed by atoms with van der Waals surface area (Å²) in [5.74, 6) is 1.38. The van der Waals surface area contributed by atoms with Crippen molar-refractivity contribution in [3.8, 4) is 11.5 Å². The van der Waals surface area contributed by atoms with E-state index in [9.17, 15) is 4.79 Å². The lowest BCUT2D eigenvalue weighted by molar-refractivity contribution is -0.136. The Morgan fingerprint density at radius 2 is 2.25 bits per heavy atom. The normalized spacial score (nSPS) is 18.7. The molecule has 6 nitrogen and oxygen atoms in total. The first-order valence-corrected chi connectivity index (χ1v) is 9.55. The molecule has 28 heavy (non-hydrogen) atoms. The van der Waals surface area contributed by atoms with E-state index in [4.69, 9.17) is 25.8 Å². The Morgan fingerprint density at radius 1 is 1.36 bits per heavy atom. The summed E-state index contributed by atoms with van der Waals surface area (Å²) >= 11 is 6.05. The third-order valence-corrected chi connectivity index (χ3v) is 4.94. The standard InChI is InChI=1S/C21H21ClN2O4/c1-14-2-4-18(10-23-14)27-13-19-11-24(6-7-26-19)21(25)16-8-15-9-17(22)3-5-20(15)28-12-16/h2-5,8-10,19H,6-7,11-13H2,1H3. The first kappa shape index (κ1) is 18.8. The van der Waals surface area contributed by atoms with Gasteiger partial charge in [-0.15, -0.1) is 0 Å². The van der Waals surface area contributed by atoms with Crippen LogP contribution in [-0.2, 0) is 9.53 Å². The highest BCUT2D eigenvalue weighted by molar-refractivity contribution is 6.30. The second kappa shape index (κ2) is 8.20. The van der Waals surface area contributed by atoms with Crippen molar-refractivity contribution in [1.29, 1.82) is 0 Å². The predicted octanol–water partition coefficient (Wildman–Crippen LogP) is 3.13. The second-order valence-corrected chi connectivity index (χ2v) is 7.27. The quantitative estimate of drug-likeness (QED) is 0.789. The molecule has 2 aromatic rings. The van der Waals surface area contributed by atoms with Crippen LogP contribution < -0.4 is 9.47 Å². The highest BCUT2D eigenvalue weighted by atomic mass is 35.5. The van der Waals surface area contributed by atoms with E-state index in [-0.39, 0.29) is 18.6 Å². The summed E-state index contributed by atoms with van der Waals surface area (Å²) in [7, 11) is 0. The van der Waals surface area contributed by atoms with Gasteiger partial charge in [0.2, 0.25) is 0 Å². The summed E-state index contributed by atoms with van der Waals surface area (Å²) in [5, 5.41) is 0.612. The molecule has 3 heterocycles. The summed E-state index contributed by atoms with van der Waals surface area (Å²) in [6.07, 6.45) is 3.35. The molecule has 1 fully saturated rings. The molecule has 0 aliphatic carbocycles. The van der Waals surface area contributed by atoms with Crippen LogP contribution in [0.15, 0.2) is 42.1 Å². The minimum Gasteiger partial charge on any atom is -0.489 e. The van der Waals surface area contributed by atoms with Gasteiger partial charge in [-0.25, -0.2) is 0 Å². The van der Waals surface area contributed by atoms with Crippen LogP contribution >= 0.6 is 11.6 Å². The van der Waals surface area contributed by atoms with Crippen LogP contribution in [-0.4, -0.2) is 54.8 Å². The van der Waals surface area contributed by atoms with E-state index in [0.29, 0.717) is 42.6 Å². The van der Waals surface area contributed by atoms with E-state index < -0.39 is 0 Å². The molecule has 1 saturated heterocycles. The summed E-state index contributed by atoms with van der Waals surface area (Å²) in [4.78, 5) is 18.9. The molecule has 1 atom stereocenters. The fourth-order valence-corrected chi connectivity index (χ4v) is 3.39. The summed E-state index contributed by atoms with van der Waals surface area (Å²) in [5.41, 5.74) is 2.37. The first-order valence-electron chi connectivity index (χ1n) is 9.18. The van der Waals surface area contributed by atoms with Crippen LogP contribution in [0.2, 0.25) is 5.02 Å². The minimum atomic E-state index is -0.189. The van der Waals surface area contributed by atoms with Crippen LogP contribution in [0.4, 0.5) is 0 Å². The number of fused-ring (bicyclic) bond motifs is 1. The number of amides is 1. The van der Waals surface area contributed by atoms with Crippen LogP contribution in [0.3, 0.4) is 0 Å². The highest BCUT2D eigenvalue weighted by Crippen LogP contribution is 2.29. The molecule has 0 spiro atoms. The minimum absolute atomic E-state index is 0.0454. The zero-order chi connectivity index (χ0) is 19.5. The van der Waals surface area contributed by atoms with Gasteiger partial charge in [0.05, 0.1) is 24.9 Å². The molecule has 2 aliphatic rings. The fraction of sp³-hybridized carbons (Fsp3) is 0.333. The number of ether oxygens (including phenoxy) is 3. The van der Waals surface area contributed by atoms with E-state index in [1.54, 1.807) is 23.2 Å². The molecule has 1 aromatic carbocycles. The number of carbonyl (C=O) groups excluding carboxylic acids is 1. The SMILES string of the molecule is Cc1ccc(OCC2CN(C(=O)C3=Cc4cc(Cl)ccc4OC3)CCO2)cn1. The monoisotopic (exact) mass is 400 g/mol. The number of benzene rings is 1. The van der Waals surface area contributed by atoms with Gasteiger partial charge in [-0.1, -0.05) is 11.6 Å². The van der Waals surface area contributed by atoms with Gasteiger partial charge in [0, 0.05) is 22.8 Å². The van der Waals surface area contributed by atoms with Crippen molar-refractivity contribution in [2.45, 2.75) is 13.0 Å². The Kier molecular flexibility index (Phi) is 5.50. The van der Waals surface area contributed by atoms with Gasteiger partial charge in [0.25, 0.3) is 5.91 Å². The summed E-state index contributed by atoms with van der Waals surface area (Å²) < 4.78 is 17.2. The van der Waals surface area contributed by atoms with E-state index in [1.165, 1.54) is 0 Å². The van der Waals surface area contributed by atoms with Crippen molar-refractivity contribution in [2.75, 3.05) is 32.9 Å². The number of aryl methyl sites for hydroxylation is 1. The molecule has 1 amide bonds. The van der Waals surface area contributed by atoms with Crippen LogP contribution in [0.1, 0.15) is 11.3 Å². The van der Waals surface area contributed by atoms with Gasteiger partial charge < -0.3 is 19.1 Å². The van der Waals surface area contributed by atoms with Gasteiger partial charge in [0.15, 0.2) is 0 Å². The van der Waals surface area contributed by atoms with Gasteiger partial charge in [-0.05, 0) is 43.3 Å². The van der Waals surface area contributed by atoms with Gasteiger partial charge in [0.1, 0.15) is 30.8 Å². The lowest BCUT2D eigenvalue weighted by atomic mass is 10.1. The molecule has 4 rings (SSSR count). The van der Waals surface area contributed by atoms with E-state index in [1.807, 2.05) is 31.2 Å². The third-order valence-electron chi connectivity index (χ3n) is 4.71. The van der Waals surface area contributed by atoms with Crippen molar-refractivity contribution >= 4 is 23.6 Å². The van der Waals surface area contributed by atoms with Crippen molar-refractivity contribution in [3.63, 3.8) is 0 Å². The Labute approximate surface area is 168 Å². The summed E-state index contributed by atoms with van der Waals surface area (Å²) in [6, 6.07) is 9.16. The zero-order valence-electron chi connectivity index (χ0n) is 15.6. The maximum absolute atomic E-state index is 12.9. The lowest BCUT2D eigenvalue weighted by Crippen LogP contribution is -2.48. The van der Waals surface area contributed by atoms with Crippen LogP contribution in [0, 0.1) is 6.92 Å². The number of morpholine rings is 1. The molecule has 146 valence electrons.